The molecule has 0 fully saturated rings. The molecule has 2 heteroatoms. The van der Waals surface area contributed by atoms with E-state index >= 15 is 0 Å². The van der Waals surface area contributed by atoms with Crippen molar-refractivity contribution in [2.24, 2.45) is 0 Å². The van der Waals surface area contributed by atoms with Crippen LogP contribution in [0.4, 0.5) is 0 Å². The van der Waals surface area contributed by atoms with Crippen LogP contribution in [-0.4, -0.2) is 19.3 Å². The Kier molecular flexibility index (Phi) is 7.15. The molecule has 0 radical (unpaired) electrons. The fraction of sp³-hybridized carbons (Fsp3) is 0.467. The van der Waals surface area contributed by atoms with E-state index in [9.17, 15) is 0 Å². The molecule has 0 saturated heterocycles. The van der Waals surface area contributed by atoms with Crippen LogP contribution in [0.25, 0.3) is 0 Å². The van der Waals surface area contributed by atoms with Gasteiger partial charge in [-0.15, -0.1) is 6.58 Å². The minimum atomic E-state index is 0.160. The van der Waals surface area contributed by atoms with Gasteiger partial charge in [-0.1, -0.05) is 31.2 Å². The predicted octanol–water partition coefficient (Wildman–Crippen LogP) is 3.83. The van der Waals surface area contributed by atoms with Crippen molar-refractivity contribution in [1.29, 1.82) is 0 Å². The van der Waals surface area contributed by atoms with E-state index < -0.39 is 0 Å². The Bertz CT molecular complexity index is 295. The topological polar surface area (TPSA) is 18.5 Å². The van der Waals surface area contributed by atoms with Gasteiger partial charge in [-0.3, -0.25) is 0 Å². The molecule has 2 nitrogen and oxygen atoms in total. The van der Waals surface area contributed by atoms with Gasteiger partial charge >= 0.3 is 0 Å². The summed E-state index contributed by atoms with van der Waals surface area (Å²) in [5.41, 5.74) is 0. The average Bonchev–Trinajstić information content (AvgIpc) is 2.39. The molecule has 1 aromatic rings. The Hall–Kier alpha value is -1.28. The van der Waals surface area contributed by atoms with Crippen molar-refractivity contribution >= 4 is 0 Å². The quantitative estimate of drug-likeness (QED) is 0.605. The van der Waals surface area contributed by atoms with Gasteiger partial charge in [-0.2, -0.15) is 0 Å². The molecule has 0 aromatic heterocycles. The van der Waals surface area contributed by atoms with E-state index in [1.54, 1.807) is 0 Å². The second-order valence-electron chi connectivity index (χ2n) is 3.98. The third-order valence-corrected chi connectivity index (χ3v) is 2.43. The van der Waals surface area contributed by atoms with Crippen LogP contribution in [0.1, 0.15) is 26.2 Å². The summed E-state index contributed by atoms with van der Waals surface area (Å²) in [5, 5.41) is 0. The van der Waals surface area contributed by atoms with Crippen LogP contribution in [-0.2, 0) is 4.74 Å². The summed E-state index contributed by atoms with van der Waals surface area (Å²) in [6.07, 6.45) is 5.05. The normalized spacial score (nSPS) is 12.1. The predicted molar refractivity (Wildman–Crippen MR) is 71.4 cm³/mol. The second kappa shape index (κ2) is 8.82. The highest BCUT2D eigenvalue weighted by Gasteiger charge is 2.08. The van der Waals surface area contributed by atoms with Crippen LogP contribution in [0, 0.1) is 0 Å². The molecule has 0 aliphatic carbocycles. The maximum Gasteiger partial charge on any atom is 0.119 e. The first-order chi connectivity index (χ1) is 8.36. The molecule has 0 spiro atoms. The molecule has 0 amide bonds. The van der Waals surface area contributed by atoms with Crippen LogP contribution in [0.15, 0.2) is 43.0 Å². The third-order valence-electron chi connectivity index (χ3n) is 2.43. The lowest BCUT2D eigenvalue weighted by Gasteiger charge is -2.17. The average molecular weight is 234 g/mol. The van der Waals surface area contributed by atoms with Crippen molar-refractivity contribution in [2.75, 3.05) is 13.2 Å². The van der Waals surface area contributed by atoms with Crippen molar-refractivity contribution < 1.29 is 9.47 Å². The summed E-state index contributed by atoms with van der Waals surface area (Å²) >= 11 is 0. The fourth-order valence-electron chi connectivity index (χ4n) is 1.51. The summed E-state index contributed by atoms with van der Waals surface area (Å²) in [7, 11) is 0. The number of rotatable bonds is 9. The first-order valence-electron chi connectivity index (χ1n) is 6.27. The molecule has 0 aliphatic heterocycles. The van der Waals surface area contributed by atoms with Gasteiger partial charge in [0.2, 0.25) is 0 Å². The van der Waals surface area contributed by atoms with Crippen molar-refractivity contribution in [2.45, 2.75) is 32.3 Å². The van der Waals surface area contributed by atoms with Crippen LogP contribution in [0.3, 0.4) is 0 Å². The standard InChI is InChI=1S/C15H22O2/c1-3-5-9-15(16-12-4-2)13-17-14-10-7-6-8-11-14/h3,6-8,10-11,15H,1,4-5,9,12-13H2,2H3. The minimum absolute atomic E-state index is 0.160. The first kappa shape index (κ1) is 13.8. The number of ether oxygens (including phenoxy) is 2. The van der Waals surface area contributed by atoms with Gasteiger partial charge in [-0.25, -0.2) is 0 Å². The summed E-state index contributed by atoms with van der Waals surface area (Å²) in [6, 6.07) is 9.85. The lowest BCUT2D eigenvalue weighted by molar-refractivity contribution is 0.0162. The Morgan fingerprint density at radius 1 is 1.29 bits per heavy atom. The molecule has 0 heterocycles. The van der Waals surface area contributed by atoms with Crippen molar-refractivity contribution in [3.8, 4) is 5.75 Å². The highest BCUT2D eigenvalue weighted by atomic mass is 16.5. The second-order valence-corrected chi connectivity index (χ2v) is 3.98. The molecule has 0 N–H and O–H groups in total. The zero-order valence-electron chi connectivity index (χ0n) is 10.6. The van der Waals surface area contributed by atoms with Gasteiger partial charge in [0.15, 0.2) is 0 Å². The Labute approximate surface area is 104 Å². The SMILES string of the molecule is C=CCCC(COc1ccccc1)OCCC. The molecule has 94 valence electrons. The van der Waals surface area contributed by atoms with Crippen molar-refractivity contribution in [1.82, 2.24) is 0 Å². The smallest absolute Gasteiger partial charge is 0.119 e. The maximum atomic E-state index is 5.74. The van der Waals surface area contributed by atoms with E-state index in [2.05, 4.69) is 13.5 Å². The van der Waals surface area contributed by atoms with Crippen LogP contribution >= 0.6 is 0 Å². The molecule has 0 bridgehead atoms. The summed E-state index contributed by atoms with van der Waals surface area (Å²) in [6.45, 7) is 7.25. The van der Waals surface area contributed by atoms with E-state index in [4.69, 9.17) is 9.47 Å². The number of para-hydroxylation sites is 1. The molecule has 1 aromatic carbocycles. The highest BCUT2D eigenvalue weighted by molar-refractivity contribution is 5.20. The lowest BCUT2D eigenvalue weighted by atomic mass is 10.2. The largest absolute Gasteiger partial charge is 0.491 e. The number of benzene rings is 1. The molecule has 0 saturated carbocycles. The van der Waals surface area contributed by atoms with Crippen LogP contribution < -0.4 is 4.74 Å². The molecule has 1 atom stereocenters. The number of hydrogen-bond acceptors (Lipinski definition) is 2. The molecule has 1 rings (SSSR count). The van der Waals surface area contributed by atoms with Gasteiger partial charge in [0.05, 0.1) is 6.10 Å². The van der Waals surface area contributed by atoms with Gasteiger partial charge in [-0.05, 0) is 31.4 Å². The maximum absolute atomic E-state index is 5.74. The Morgan fingerprint density at radius 3 is 2.71 bits per heavy atom. The Balaban J connectivity index is 2.34. The minimum Gasteiger partial charge on any atom is -0.491 e. The van der Waals surface area contributed by atoms with Gasteiger partial charge in [0.25, 0.3) is 0 Å². The van der Waals surface area contributed by atoms with E-state index in [0.717, 1.165) is 31.6 Å². The molecule has 0 aliphatic rings. The zero-order valence-corrected chi connectivity index (χ0v) is 10.6. The van der Waals surface area contributed by atoms with Crippen molar-refractivity contribution in [3.05, 3.63) is 43.0 Å². The van der Waals surface area contributed by atoms with Crippen molar-refractivity contribution in [3.63, 3.8) is 0 Å². The monoisotopic (exact) mass is 234 g/mol. The summed E-state index contributed by atoms with van der Waals surface area (Å²) in [5.74, 6) is 0.899. The number of hydrogen-bond donors (Lipinski definition) is 0. The third kappa shape index (κ3) is 6.12. The van der Waals surface area contributed by atoms with E-state index in [0.29, 0.717) is 6.61 Å². The molecule has 1 unspecified atom stereocenters. The first-order valence-corrected chi connectivity index (χ1v) is 6.27. The molecular weight excluding hydrogens is 212 g/mol. The van der Waals surface area contributed by atoms with Gasteiger partial charge in [0.1, 0.15) is 12.4 Å². The van der Waals surface area contributed by atoms with E-state index in [1.807, 2.05) is 36.4 Å². The Morgan fingerprint density at radius 2 is 2.06 bits per heavy atom. The van der Waals surface area contributed by atoms with Gasteiger partial charge in [0, 0.05) is 6.61 Å². The number of allylic oxidation sites excluding steroid dienone is 1. The van der Waals surface area contributed by atoms with E-state index in [1.165, 1.54) is 0 Å². The molecular formula is C15H22O2. The molecule has 17 heavy (non-hydrogen) atoms. The fourth-order valence-corrected chi connectivity index (χ4v) is 1.51. The highest BCUT2D eigenvalue weighted by Crippen LogP contribution is 2.11. The zero-order chi connectivity index (χ0) is 12.3. The van der Waals surface area contributed by atoms with Crippen LogP contribution in [0.5, 0.6) is 5.75 Å². The van der Waals surface area contributed by atoms with Crippen LogP contribution in [0.2, 0.25) is 0 Å². The summed E-state index contributed by atoms with van der Waals surface area (Å²) < 4.78 is 11.4. The van der Waals surface area contributed by atoms with E-state index in [-0.39, 0.29) is 6.10 Å². The lowest BCUT2D eigenvalue weighted by Crippen LogP contribution is -2.22. The van der Waals surface area contributed by atoms with Gasteiger partial charge < -0.3 is 9.47 Å². The summed E-state index contributed by atoms with van der Waals surface area (Å²) in [4.78, 5) is 0.